The van der Waals surface area contributed by atoms with Gasteiger partial charge in [-0.15, -0.1) is 23.4 Å². The van der Waals surface area contributed by atoms with Crippen LogP contribution in [0, 0.1) is 6.92 Å². The first-order valence-electron chi connectivity index (χ1n) is 10.3. The van der Waals surface area contributed by atoms with Crippen molar-refractivity contribution in [3.63, 3.8) is 0 Å². The normalized spacial score (nSPS) is 11.6. The molecule has 33 heavy (non-hydrogen) atoms. The molecule has 2 aromatic carbocycles. The highest BCUT2D eigenvalue weighted by Gasteiger charge is 2.31. The molecule has 4 aromatic rings. The maximum atomic E-state index is 12.6. The van der Waals surface area contributed by atoms with E-state index in [0.717, 1.165) is 12.8 Å². The number of nitrogens with zero attached hydrogens (tertiary/aromatic N) is 4. The topological polar surface area (TPSA) is 93.4 Å². The van der Waals surface area contributed by atoms with E-state index >= 15 is 0 Å². The monoisotopic (exact) mass is 458 g/mol. The summed E-state index contributed by atoms with van der Waals surface area (Å²) < 4.78 is 43.4. The summed E-state index contributed by atoms with van der Waals surface area (Å²) in [5.41, 5.74) is 1.90. The fraction of sp³-hybridized carbons (Fsp3) is 0.273. The zero-order valence-corrected chi connectivity index (χ0v) is 17.7. The predicted octanol–water partition coefficient (Wildman–Crippen LogP) is 4.11. The van der Waals surface area contributed by atoms with Crippen LogP contribution in [0.5, 0.6) is 5.75 Å². The van der Waals surface area contributed by atoms with E-state index in [2.05, 4.69) is 30.6 Å². The van der Waals surface area contributed by atoms with Gasteiger partial charge in [0.2, 0.25) is 5.65 Å². The maximum absolute atomic E-state index is 12.6. The Kier molecular flexibility index (Phi) is 6.29. The second kappa shape index (κ2) is 9.31. The number of hydrogen-bond donors (Lipinski definition) is 2. The summed E-state index contributed by atoms with van der Waals surface area (Å²) in [6.45, 7) is 2.80. The number of rotatable bonds is 8. The van der Waals surface area contributed by atoms with Crippen molar-refractivity contribution in [3.05, 3.63) is 59.9 Å². The molecule has 0 bridgehead atoms. The van der Waals surface area contributed by atoms with E-state index < -0.39 is 6.36 Å². The molecule has 0 unspecified atom stereocenters. The van der Waals surface area contributed by atoms with Crippen LogP contribution in [0.3, 0.4) is 0 Å². The van der Waals surface area contributed by atoms with Crippen molar-refractivity contribution in [1.29, 1.82) is 0 Å². The number of nitrogens with one attached hydrogen (secondary N) is 2. The van der Waals surface area contributed by atoms with Crippen LogP contribution in [-0.4, -0.2) is 44.9 Å². The van der Waals surface area contributed by atoms with Crippen molar-refractivity contribution in [2.24, 2.45) is 0 Å². The van der Waals surface area contributed by atoms with E-state index in [1.165, 1.54) is 18.2 Å². The van der Waals surface area contributed by atoms with Crippen LogP contribution in [-0.2, 0) is 0 Å². The average molecular weight is 458 g/mol. The lowest BCUT2D eigenvalue weighted by Crippen LogP contribution is -2.24. The number of hydrogen-bond acceptors (Lipinski definition) is 6. The summed E-state index contributed by atoms with van der Waals surface area (Å²) in [5, 5.41) is 14.2. The van der Waals surface area contributed by atoms with Gasteiger partial charge in [0.25, 0.3) is 5.91 Å². The Morgan fingerprint density at radius 1 is 1.06 bits per heavy atom. The van der Waals surface area contributed by atoms with Gasteiger partial charge in [-0.3, -0.25) is 9.20 Å². The highest BCUT2D eigenvalue weighted by Crippen LogP contribution is 2.28. The molecule has 1 amide bonds. The molecular weight excluding hydrogens is 437 g/mol. The molecule has 0 fully saturated rings. The third-order valence-corrected chi connectivity index (χ3v) is 4.91. The molecule has 4 rings (SSSR count). The summed E-state index contributed by atoms with van der Waals surface area (Å²) in [5.74, 6) is 0.521. The Bertz CT molecular complexity index is 1270. The van der Waals surface area contributed by atoms with Gasteiger partial charge in [0.15, 0.2) is 5.82 Å². The number of amides is 1. The van der Waals surface area contributed by atoms with Crippen molar-refractivity contribution in [3.8, 4) is 5.75 Å². The molecule has 172 valence electrons. The van der Waals surface area contributed by atoms with Crippen LogP contribution in [0.2, 0.25) is 0 Å². The standard InChI is InChI=1S/C22H21F3N6O2/c1-14-29-30-20-19(26-11-5-6-12-27-21(32)15-7-3-2-4-8-15)28-17-10-9-16(33-22(23,24)25)13-18(17)31(14)20/h2-4,7-10,13H,5-6,11-12H2,1H3,(H,26,28)(H,27,32). The second-order valence-electron chi connectivity index (χ2n) is 7.32. The van der Waals surface area contributed by atoms with Crippen molar-refractivity contribution < 1.29 is 22.7 Å². The first-order chi connectivity index (χ1) is 15.8. The van der Waals surface area contributed by atoms with Gasteiger partial charge >= 0.3 is 6.36 Å². The van der Waals surface area contributed by atoms with Gasteiger partial charge in [0.05, 0.1) is 11.0 Å². The van der Waals surface area contributed by atoms with Crippen molar-refractivity contribution in [2.45, 2.75) is 26.1 Å². The van der Waals surface area contributed by atoms with Gasteiger partial charge in [-0.05, 0) is 44.0 Å². The van der Waals surface area contributed by atoms with Crippen molar-refractivity contribution in [2.75, 3.05) is 18.4 Å². The first-order valence-corrected chi connectivity index (χ1v) is 10.3. The highest BCUT2D eigenvalue weighted by molar-refractivity contribution is 5.94. The highest BCUT2D eigenvalue weighted by atomic mass is 19.4. The largest absolute Gasteiger partial charge is 0.573 e. The van der Waals surface area contributed by atoms with E-state index in [0.29, 0.717) is 47.0 Å². The Hall–Kier alpha value is -3.89. The maximum Gasteiger partial charge on any atom is 0.573 e. The van der Waals surface area contributed by atoms with Crippen LogP contribution < -0.4 is 15.4 Å². The number of alkyl halides is 3. The number of aryl methyl sites for hydroxylation is 1. The summed E-state index contributed by atoms with van der Waals surface area (Å²) in [6.07, 6.45) is -3.28. The van der Waals surface area contributed by atoms with Crippen LogP contribution in [0.4, 0.5) is 19.0 Å². The smallest absolute Gasteiger partial charge is 0.406 e. The summed E-state index contributed by atoms with van der Waals surface area (Å²) in [7, 11) is 0. The molecule has 2 aromatic heterocycles. The van der Waals surface area contributed by atoms with Gasteiger partial charge in [-0.1, -0.05) is 18.2 Å². The minimum Gasteiger partial charge on any atom is -0.406 e. The number of anilines is 1. The molecule has 0 radical (unpaired) electrons. The quantitative estimate of drug-likeness (QED) is 0.386. The van der Waals surface area contributed by atoms with Crippen LogP contribution in [0.1, 0.15) is 29.0 Å². The van der Waals surface area contributed by atoms with E-state index in [-0.39, 0.29) is 11.7 Å². The number of aromatic nitrogens is 4. The number of carbonyl (C=O) groups excluding carboxylic acids is 1. The zero-order valence-electron chi connectivity index (χ0n) is 17.7. The fourth-order valence-electron chi connectivity index (χ4n) is 3.42. The van der Waals surface area contributed by atoms with Crippen molar-refractivity contribution in [1.82, 2.24) is 24.9 Å². The van der Waals surface area contributed by atoms with E-state index in [1.807, 2.05) is 18.2 Å². The molecule has 0 atom stereocenters. The summed E-state index contributed by atoms with van der Waals surface area (Å²) >= 11 is 0. The lowest BCUT2D eigenvalue weighted by Gasteiger charge is -2.12. The molecule has 2 heterocycles. The van der Waals surface area contributed by atoms with E-state index in [9.17, 15) is 18.0 Å². The molecule has 0 aliphatic heterocycles. The zero-order chi connectivity index (χ0) is 23.4. The molecule has 0 aliphatic carbocycles. The Morgan fingerprint density at radius 3 is 2.58 bits per heavy atom. The van der Waals surface area contributed by atoms with Crippen molar-refractivity contribution >= 4 is 28.4 Å². The number of benzene rings is 2. The molecule has 0 saturated heterocycles. The molecule has 8 nitrogen and oxygen atoms in total. The second-order valence-corrected chi connectivity index (χ2v) is 7.32. The third-order valence-electron chi connectivity index (χ3n) is 4.91. The fourth-order valence-corrected chi connectivity index (χ4v) is 3.42. The number of ether oxygens (including phenoxy) is 1. The lowest BCUT2D eigenvalue weighted by atomic mass is 10.2. The van der Waals surface area contributed by atoms with Gasteiger partial charge in [0, 0.05) is 24.7 Å². The van der Waals surface area contributed by atoms with Crippen LogP contribution >= 0.6 is 0 Å². The van der Waals surface area contributed by atoms with Gasteiger partial charge in [-0.2, -0.15) is 0 Å². The molecule has 0 aliphatic rings. The third kappa shape index (κ3) is 5.30. The molecule has 2 N–H and O–H groups in total. The average Bonchev–Trinajstić information content (AvgIpc) is 3.17. The van der Waals surface area contributed by atoms with Gasteiger partial charge < -0.3 is 15.4 Å². The van der Waals surface area contributed by atoms with E-state index in [1.54, 1.807) is 23.5 Å². The minimum absolute atomic E-state index is 0.116. The molecule has 0 spiro atoms. The Morgan fingerprint density at radius 2 is 1.82 bits per heavy atom. The Labute approximate surface area is 186 Å². The number of fused-ring (bicyclic) bond motifs is 3. The first kappa shape index (κ1) is 22.3. The minimum atomic E-state index is -4.79. The summed E-state index contributed by atoms with van der Waals surface area (Å²) in [4.78, 5) is 16.5. The van der Waals surface area contributed by atoms with Crippen LogP contribution in [0.25, 0.3) is 16.7 Å². The lowest BCUT2D eigenvalue weighted by molar-refractivity contribution is -0.274. The van der Waals surface area contributed by atoms with Gasteiger partial charge in [-0.25, -0.2) is 4.98 Å². The van der Waals surface area contributed by atoms with Crippen LogP contribution in [0.15, 0.2) is 48.5 Å². The molecule has 0 saturated carbocycles. The predicted molar refractivity (Wildman–Crippen MR) is 116 cm³/mol. The number of unbranched alkanes of at least 4 members (excludes halogenated alkanes) is 1. The molecule has 11 heteroatoms. The summed E-state index contributed by atoms with van der Waals surface area (Å²) in [6, 6.07) is 12.9. The van der Waals surface area contributed by atoms with E-state index in [4.69, 9.17) is 0 Å². The number of carbonyl (C=O) groups is 1. The number of halogens is 3. The SMILES string of the molecule is Cc1nnc2c(NCCCCNC(=O)c3ccccc3)nc3ccc(OC(F)(F)F)cc3n12. The van der Waals surface area contributed by atoms with Gasteiger partial charge in [0.1, 0.15) is 11.6 Å². The molecular formula is C22H21F3N6O2. The Balaban J connectivity index is 1.40.